The average molecular weight is 350 g/mol. The highest BCUT2D eigenvalue weighted by atomic mass is 32.2. The van der Waals surface area contributed by atoms with E-state index < -0.39 is 41.4 Å². The minimum Gasteiger partial charge on any atom is -0.495 e. The Morgan fingerprint density at radius 1 is 1.41 bits per heavy atom. The monoisotopic (exact) mass is 350 g/mol. The van der Waals surface area contributed by atoms with Crippen LogP contribution in [-0.4, -0.2) is 46.4 Å². The molecule has 0 saturated carbocycles. The number of hydrogen-bond donors (Lipinski definition) is 1. The summed E-state index contributed by atoms with van der Waals surface area (Å²) < 4.78 is 54.6. The summed E-state index contributed by atoms with van der Waals surface area (Å²) in [5.74, 6) is -0.436. The Bertz CT molecular complexity index is 802. The van der Waals surface area contributed by atoms with Crippen molar-refractivity contribution in [2.75, 3.05) is 18.6 Å². The lowest BCUT2D eigenvalue weighted by Gasteiger charge is -2.13. The van der Waals surface area contributed by atoms with Crippen LogP contribution >= 0.6 is 0 Å². The second-order valence-corrected chi connectivity index (χ2v) is 8.72. The summed E-state index contributed by atoms with van der Waals surface area (Å²) in [6, 6.07) is 2.43. The van der Waals surface area contributed by atoms with Crippen LogP contribution in [0.5, 0.6) is 5.75 Å². The first kappa shape index (κ1) is 16.6. The molecule has 2 rings (SSSR count). The van der Waals surface area contributed by atoms with E-state index in [-0.39, 0.29) is 23.7 Å². The van der Waals surface area contributed by atoms with Crippen molar-refractivity contribution in [1.29, 1.82) is 0 Å². The van der Waals surface area contributed by atoms with Gasteiger partial charge in [-0.2, -0.15) is 0 Å². The van der Waals surface area contributed by atoms with Gasteiger partial charge in [0.25, 0.3) is 5.69 Å². The normalized spacial score (nSPS) is 20.7. The molecule has 1 atom stereocenters. The van der Waals surface area contributed by atoms with Crippen LogP contribution in [0.25, 0.3) is 0 Å². The van der Waals surface area contributed by atoms with Gasteiger partial charge in [0.2, 0.25) is 10.0 Å². The molecule has 9 nitrogen and oxygen atoms in total. The zero-order valence-electron chi connectivity index (χ0n) is 11.6. The van der Waals surface area contributed by atoms with Gasteiger partial charge in [-0.15, -0.1) is 0 Å². The Balaban J connectivity index is 2.36. The zero-order valence-corrected chi connectivity index (χ0v) is 13.2. The first-order valence-electron chi connectivity index (χ1n) is 6.20. The van der Waals surface area contributed by atoms with E-state index in [0.29, 0.717) is 0 Å². The van der Waals surface area contributed by atoms with E-state index in [1.165, 1.54) is 13.2 Å². The number of methoxy groups -OCH3 is 1. The maximum atomic E-state index is 12.3. The third kappa shape index (κ3) is 3.54. The molecule has 11 heteroatoms. The molecule has 1 aliphatic rings. The van der Waals surface area contributed by atoms with Crippen LogP contribution in [0.1, 0.15) is 6.42 Å². The zero-order chi connectivity index (χ0) is 16.5. The summed E-state index contributed by atoms with van der Waals surface area (Å²) in [7, 11) is -6.15. The predicted octanol–water partition coefficient (Wildman–Crippen LogP) is 0.0688. The maximum absolute atomic E-state index is 12.3. The molecule has 122 valence electrons. The van der Waals surface area contributed by atoms with Crippen molar-refractivity contribution in [1.82, 2.24) is 4.72 Å². The summed E-state index contributed by atoms with van der Waals surface area (Å²) in [5.41, 5.74) is -0.403. The van der Waals surface area contributed by atoms with Gasteiger partial charge < -0.3 is 4.74 Å². The van der Waals surface area contributed by atoms with Gasteiger partial charge in [-0.1, -0.05) is 0 Å². The lowest BCUT2D eigenvalue weighted by molar-refractivity contribution is -0.385. The molecule has 0 amide bonds. The van der Waals surface area contributed by atoms with E-state index in [2.05, 4.69) is 4.72 Å². The second kappa shape index (κ2) is 5.82. The van der Waals surface area contributed by atoms with E-state index in [1.807, 2.05) is 0 Å². The van der Waals surface area contributed by atoms with Crippen LogP contribution in [-0.2, 0) is 19.9 Å². The number of nitro groups is 1. The number of nitro benzene ring substituents is 1. The van der Waals surface area contributed by atoms with Crippen molar-refractivity contribution in [2.45, 2.75) is 17.4 Å². The summed E-state index contributed by atoms with van der Waals surface area (Å²) in [5, 5.41) is 10.8. The van der Waals surface area contributed by atoms with Crippen molar-refractivity contribution in [3.05, 3.63) is 28.3 Å². The van der Waals surface area contributed by atoms with Crippen molar-refractivity contribution >= 4 is 25.5 Å². The fraction of sp³-hybridized carbons (Fsp3) is 0.455. The second-order valence-electron chi connectivity index (χ2n) is 4.81. The number of rotatable bonds is 5. The quantitative estimate of drug-likeness (QED) is 0.587. The van der Waals surface area contributed by atoms with Crippen LogP contribution < -0.4 is 9.46 Å². The van der Waals surface area contributed by atoms with Crippen LogP contribution in [0.3, 0.4) is 0 Å². The van der Waals surface area contributed by atoms with Crippen molar-refractivity contribution in [3.63, 3.8) is 0 Å². The van der Waals surface area contributed by atoms with E-state index in [1.54, 1.807) is 0 Å². The van der Waals surface area contributed by atoms with E-state index in [9.17, 15) is 26.9 Å². The predicted molar refractivity (Wildman–Crippen MR) is 77.0 cm³/mol. The molecule has 0 radical (unpaired) electrons. The van der Waals surface area contributed by atoms with Gasteiger partial charge >= 0.3 is 0 Å². The maximum Gasteiger partial charge on any atom is 0.271 e. The molecular formula is C11H14N2O7S2. The Morgan fingerprint density at radius 2 is 2.09 bits per heavy atom. The van der Waals surface area contributed by atoms with Gasteiger partial charge in [0.05, 0.1) is 23.5 Å². The molecule has 1 saturated heterocycles. The number of non-ortho nitro benzene ring substituents is 1. The first-order valence-corrected chi connectivity index (χ1v) is 9.50. The SMILES string of the molecule is COc1ccc([N+](=O)[O-])cc1S(=O)(=O)N[C@@H]1CCS(=O)(=O)C1. The third-order valence-electron chi connectivity index (χ3n) is 3.20. The number of nitrogens with one attached hydrogen (secondary N) is 1. The standard InChI is InChI=1S/C11H14N2O7S2/c1-20-10-3-2-9(13(14)15)6-11(10)22(18,19)12-8-4-5-21(16,17)7-8/h2-3,6,8,12H,4-5,7H2,1H3/t8-/m1/s1. The molecule has 0 aliphatic carbocycles. The van der Waals surface area contributed by atoms with Gasteiger partial charge in [-0.25, -0.2) is 21.6 Å². The van der Waals surface area contributed by atoms with E-state index in [4.69, 9.17) is 4.74 Å². The fourth-order valence-corrected chi connectivity index (χ4v) is 5.40. The molecule has 22 heavy (non-hydrogen) atoms. The van der Waals surface area contributed by atoms with Crippen LogP contribution in [0, 0.1) is 10.1 Å². The molecule has 1 aliphatic heterocycles. The Kier molecular flexibility index (Phi) is 4.40. The number of nitrogens with zero attached hydrogens (tertiary/aromatic N) is 1. The summed E-state index contributed by atoms with van der Waals surface area (Å²) in [6.45, 7) is 0. The molecule has 0 unspecified atom stereocenters. The summed E-state index contributed by atoms with van der Waals surface area (Å²) in [4.78, 5) is 9.66. The Labute approximate surface area is 127 Å². The minimum atomic E-state index is -4.14. The first-order chi connectivity index (χ1) is 10.1. The number of sulfone groups is 1. The largest absolute Gasteiger partial charge is 0.495 e. The molecule has 1 aromatic rings. The highest BCUT2D eigenvalue weighted by Gasteiger charge is 2.33. The minimum absolute atomic E-state index is 0.0565. The van der Waals surface area contributed by atoms with Gasteiger partial charge in [0.1, 0.15) is 10.6 Å². The lowest BCUT2D eigenvalue weighted by Crippen LogP contribution is -2.35. The van der Waals surface area contributed by atoms with Gasteiger partial charge in [0, 0.05) is 18.2 Å². The molecule has 0 spiro atoms. The van der Waals surface area contributed by atoms with Gasteiger partial charge in [-0.05, 0) is 12.5 Å². The fourth-order valence-electron chi connectivity index (χ4n) is 2.16. The molecule has 1 aromatic carbocycles. The number of benzene rings is 1. The average Bonchev–Trinajstić information content (AvgIpc) is 2.76. The molecule has 0 aromatic heterocycles. The Hall–Kier alpha value is -1.72. The third-order valence-corrected chi connectivity index (χ3v) is 6.51. The van der Waals surface area contributed by atoms with Crippen molar-refractivity contribution < 1.29 is 26.5 Å². The van der Waals surface area contributed by atoms with Crippen LogP contribution in [0.15, 0.2) is 23.1 Å². The van der Waals surface area contributed by atoms with Crippen molar-refractivity contribution in [3.8, 4) is 5.75 Å². The molecule has 1 heterocycles. The van der Waals surface area contributed by atoms with E-state index >= 15 is 0 Å². The highest BCUT2D eigenvalue weighted by molar-refractivity contribution is 7.92. The summed E-state index contributed by atoms with van der Waals surface area (Å²) in [6.07, 6.45) is 0.165. The number of sulfonamides is 1. The smallest absolute Gasteiger partial charge is 0.271 e. The Morgan fingerprint density at radius 3 is 2.59 bits per heavy atom. The molecular weight excluding hydrogens is 336 g/mol. The highest BCUT2D eigenvalue weighted by Crippen LogP contribution is 2.28. The van der Waals surface area contributed by atoms with Crippen LogP contribution in [0.4, 0.5) is 5.69 Å². The molecule has 0 bridgehead atoms. The van der Waals surface area contributed by atoms with E-state index in [0.717, 1.165) is 12.1 Å². The number of ether oxygens (including phenoxy) is 1. The molecule has 1 N–H and O–H groups in total. The lowest BCUT2D eigenvalue weighted by atomic mass is 10.3. The van der Waals surface area contributed by atoms with Gasteiger partial charge in [-0.3, -0.25) is 10.1 Å². The van der Waals surface area contributed by atoms with Gasteiger partial charge in [0.15, 0.2) is 9.84 Å². The number of hydrogen-bond acceptors (Lipinski definition) is 7. The molecule has 1 fully saturated rings. The van der Waals surface area contributed by atoms with Crippen molar-refractivity contribution in [2.24, 2.45) is 0 Å². The van der Waals surface area contributed by atoms with Crippen LogP contribution in [0.2, 0.25) is 0 Å². The summed E-state index contributed by atoms with van der Waals surface area (Å²) >= 11 is 0. The topological polar surface area (TPSA) is 133 Å².